The molecule has 0 aromatic heterocycles. The Labute approximate surface area is 179 Å². The van der Waals surface area contributed by atoms with Crippen LogP contribution in [0.4, 0.5) is 0 Å². The lowest BCUT2D eigenvalue weighted by Gasteiger charge is -2.08. The van der Waals surface area contributed by atoms with E-state index in [1.165, 1.54) is 6.07 Å². The first-order valence-corrected chi connectivity index (χ1v) is 9.71. The third kappa shape index (κ3) is 7.85. The Hall–Kier alpha value is -3.81. The van der Waals surface area contributed by atoms with E-state index in [-0.39, 0.29) is 16.9 Å². The largest absolute Gasteiger partial charge is 0.507 e. The van der Waals surface area contributed by atoms with Crippen LogP contribution in [0.3, 0.4) is 0 Å². The molecule has 0 aliphatic heterocycles. The lowest BCUT2D eigenvalue weighted by molar-refractivity contribution is -0.137. The average Bonchev–Trinajstić information content (AvgIpc) is 2.76. The smallest absolute Gasteiger partial charge is 0.343 e. The number of benzene rings is 2. The first-order valence-electron chi connectivity index (χ1n) is 9.71. The van der Waals surface area contributed by atoms with Crippen molar-refractivity contribution in [1.29, 1.82) is 0 Å². The minimum atomic E-state index is -1.33. The van der Waals surface area contributed by atoms with Crippen molar-refractivity contribution in [3.63, 3.8) is 0 Å². The molecule has 0 amide bonds. The molecule has 0 aliphatic rings. The molecule has 0 saturated carbocycles. The van der Waals surface area contributed by atoms with E-state index in [9.17, 15) is 19.5 Å². The Kier molecular flexibility index (Phi) is 9.10. The first-order chi connectivity index (χ1) is 14.9. The summed E-state index contributed by atoms with van der Waals surface area (Å²) in [4.78, 5) is 34.2. The average molecular weight is 428 g/mol. The van der Waals surface area contributed by atoms with Gasteiger partial charge in [-0.1, -0.05) is 6.58 Å². The number of ether oxygens (including phenoxy) is 3. The number of carbonyl (C=O) groups is 3. The van der Waals surface area contributed by atoms with E-state index in [0.29, 0.717) is 19.0 Å². The number of unbranched alkanes of at least 4 members (excludes halogenated alkanes) is 3. The van der Waals surface area contributed by atoms with Crippen LogP contribution in [0.25, 0.3) is 0 Å². The van der Waals surface area contributed by atoms with Gasteiger partial charge in [-0.25, -0.2) is 14.4 Å². The summed E-state index contributed by atoms with van der Waals surface area (Å²) in [6.07, 6.45) is 4.61. The quantitative estimate of drug-likeness (QED) is 0.225. The fraction of sp³-hybridized carbons (Fsp3) is 0.261. The van der Waals surface area contributed by atoms with Crippen molar-refractivity contribution in [3.05, 3.63) is 66.2 Å². The number of aromatic carboxylic acids is 1. The predicted octanol–water partition coefficient (Wildman–Crippen LogP) is 3.98. The third-order valence-corrected chi connectivity index (χ3v) is 4.22. The number of rotatable bonds is 12. The Bertz CT molecular complexity index is 918. The van der Waals surface area contributed by atoms with Crippen molar-refractivity contribution in [2.75, 3.05) is 13.2 Å². The number of aromatic hydroxyl groups is 1. The number of hydrogen-bond acceptors (Lipinski definition) is 7. The molecule has 0 unspecified atom stereocenters. The summed E-state index contributed by atoms with van der Waals surface area (Å²) in [6, 6.07) is 9.91. The Morgan fingerprint density at radius 2 is 1.55 bits per heavy atom. The molecule has 0 bridgehead atoms. The summed E-state index contributed by atoms with van der Waals surface area (Å²) in [7, 11) is 0. The summed E-state index contributed by atoms with van der Waals surface area (Å²) in [5, 5.41) is 18.5. The molecule has 0 saturated heterocycles. The van der Waals surface area contributed by atoms with Gasteiger partial charge in [0.2, 0.25) is 0 Å². The van der Waals surface area contributed by atoms with Gasteiger partial charge in [0.05, 0.1) is 18.8 Å². The molecule has 2 aromatic rings. The maximum absolute atomic E-state index is 12.2. The molecule has 164 valence electrons. The Balaban J connectivity index is 1.73. The Morgan fingerprint density at radius 3 is 2.19 bits per heavy atom. The second-order valence-electron chi connectivity index (χ2n) is 6.53. The highest BCUT2D eigenvalue weighted by Gasteiger charge is 2.14. The molecule has 0 fully saturated rings. The van der Waals surface area contributed by atoms with Gasteiger partial charge in [-0.2, -0.15) is 0 Å². The lowest BCUT2D eigenvalue weighted by Crippen LogP contribution is -2.09. The normalized spacial score (nSPS) is 10.2. The van der Waals surface area contributed by atoms with Crippen LogP contribution in [0.1, 0.15) is 46.4 Å². The standard InChI is InChI=1S/C23H24O8/c1-2-21(25)30-14-6-4-3-5-13-29-17-9-7-16(8-10-17)23(28)31-18-11-12-20(24)19(15-18)22(26)27/h2,7-12,15,24H,1,3-6,13-14H2,(H,26,27). The van der Waals surface area contributed by atoms with Crippen molar-refractivity contribution in [3.8, 4) is 17.2 Å². The maximum Gasteiger partial charge on any atom is 0.343 e. The van der Waals surface area contributed by atoms with Gasteiger partial charge >= 0.3 is 17.9 Å². The van der Waals surface area contributed by atoms with Crippen LogP contribution < -0.4 is 9.47 Å². The third-order valence-electron chi connectivity index (χ3n) is 4.22. The fourth-order valence-corrected chi connectivity index (χ4v) is 2.58. The van der Waals surface area contributed by atoms with Crippen LogP contribution in [-0.2, 0) is 9.53 Å². The monoisotopic (exact) mass is 428 g/mol. The minimum Gasteiger partial charge on any atom is -0.507 e. The van der Waals surface area contributed by atoms with Gasteiger partial charge in [-0.05, 0) is 68.1 Å². The second-order valence-corrected chi connectivity index (χ2v) is 6.53. The molecule has 0 radical (unpaired) electrons. The molecule has 0 atom stereocenters. The van der Waals surface area contributed by atoms with Gasteiger partial charge in [0.15, 0.2) is 0 Å². The molecule has 0 aliphatic carbocycles. The number of carboxylic acid groups (broad SMARTS) is 1. The molecular formula is C23H24O8. The van der Waals surface area contributed by atoms with Crippen molar-refractivity contribution in [2.24, 2.45) is 0 Å². The van der Waals surface area contributed by atoms with E-state index < -0.39 is 23.7 Å². The maximum atomic E-state index is 12.2. The van der Waals surface area contributed by atoms with Gasteiger partial charge in [0.25, 0.3) is 0 Å². The van der Waals surface area contributed by atoms with Gasteiger partial charge in [-0.3, -0.25) is 0 Å². The zero-order valence-electron chi connectivity index (χ0n) is 16.9. The summed E-state index contributed by atoms with van der Waals surface area (Å²) >= 11 is 0. The van der Waals surface area contributed by atoms with E-state index in [4.69, 9.17) is 19.3 Å². The van der Waals surface area contributed by atoms with Crippen LogP contribution in [0.2, 0.25) is 0 Å². The van der Waals surface area contributed by atoms with Crippen LogP contribution >= 0.6 is 0 Å². The van der Waals surface area contributed by atoms with Crippen LogP contribution in [0, 0.1) is 0 Å². The molecule has 2 N–H and O–H groups in total. The van der Waals surface area contributed by atoms with Crippen molar-refractivity contribution >= 4 is 17.9 Å². The number of phenols is 1. The lowest BCUT2D eigenvalue weighted by atomic mass is 10.2. The molecule has 31 heavy (non-hydrogen) atoms. The highest BCUT2D eigenvalue weighted by atomic mass is 16.5. The predicted molar refractivity (Wildman–Crippen MR) is 112 cm³/mol. The molecule has 2 rings (SSSR count). The van der Waals surface area contributed by atoms with E-state index in [0.717, 1.165) is 43.9 Å². The highest BCUT2D eigenvalue weighted by Crippen LogP contribution is 2.24. The molecule has 0 spiro atoms. The van der Waals surface area contributed by atoms with Gasteiger partial charge in [0.1, 0.15) is 22.8 Å². The number of hydrogen-bond donors (Lipinski definition) is 2. The zero-order chi connectivity index (χ0) is 22.6. The molecule has 8 heteroatoms. The topological polar surface area (TPSA) is 119 Å². The van der Waals surface area contributed by atoms with E-state index in [1.807, 2.05) is 0 Å². The van der Waals surface area contributed by atoms with Gasteiger partial charge in [0, 0.05) is 6.08 Å². The number of carbonyl (C=O) groups excluding carboxylic acids is 2. The summed E-state index contributed by atoms with van der Waals surface area (Å²) < 4.78 is 15.7. The second kappa shape index (κ2) is 12.0. The SMILES string of the molecule is C=CC(=O)OCCCCCCOc1ccc(C(=O)Oc2ccc(O)c(C(=O)O)c2)cc1. The van der Waals surface area contributed by atoms with Crippen LogP contribution in [-0.4, -0.2) is 41.3 Å². The van der Waals surface area contributed by atoms with Crippen LogP contribution in [0.5, 0.6) is 17.2 Å². The summed E-state index contributed by atoms with van der Waals surface area (Å²) in [5.74, 6) is -2.19. The highest BCUT2D eigenvalue weighted by molar-refractivity contribution is 5.93. The molecule has 0 heterocycles. The minimum absolute atomic E-state index is 0.0137. The van der Waals surface area contributed by atoms with Crippen molar-refractivity contribution in [1.82, 2.24) is 0 Å². The summed E-state index contributed by atoms with van der Waals surface area (Å²) in [5.41, 5.74) is -0.0850. The summed E-state index contributed by atoms with van der Waals surface area (Å²) in [6.45, 7) is 4.23. The van der Waals surface area contributed by atoms with E-state index >= 15 is 0 Å². The fourth-order valence-electron chi connectivity index (χ4n) is 2.58. The zero-order valence-corrected chi connectivity index (χ0v) is 16.9. The first kappa shape index (κ1) is 23.5. The number of carboxylic acids is 1. The van der Waals surface area contributed by atoms with E-state index in [1.54, 1.807) is 24.3 Å². The molecule has 8 nitrogen and oxygen atoms in total. The number of esters is 2. The Morgan fingerprint density at radius 1 is 0.903 bits per heavy atom. The van der Waals surface area contributed by atoms with Gasteiger partial charge < -0.3 is 24.4 Å². The molecule has 2 aromatic carbocycles. The van der Waals surface area contributed by atoms with Crippen LogP contribution in [0.15, 0.2) is 55.1 Å². The molecular weight excluding hydrogens is 404 g/mol. The van der Waals surface area contributed by atoms with E-state index in [2.05, 4.69) is 6.58 Å². The van der Waals surface area contributed by atoms with Crippen molar-refractivity contribution in [2.45, 2.75) is 25.7 Å². The van der Waals surface area contributed by atoms with Gasteiger partial charge in [-0.15, -0.1) is 0 Å². The van der Waals surface area contributed by atoms with Crippen molar-refractivity contribution < 1.29 is 38.8 Å².